The molecule has 0 saturated heterocycles. The van der Waals surface area contributed by atoms with Crippen LogP contribution in [0.4, 0.5) is 5.82 Å². The Kier molecular flexibility index (Phi) is 10.5. The van der Waals surface area contributed by atoms with Gasteiger partial charge < -0.3 is 39.3 Å². The van der Waals surface area contributed by atoms with Gasteiger partial charge in [-0.25, -0.2) is 9.97 Å². The van der Waals surface area contributed by atoms with Gasteiger partial charge in [0.15, 0.2) is 5.79 Å². The molecule has 2 aliphatic rings. The van der Waals surface area contributed by atoms with Crippen molar-refractivity contribution in [1.82, 2.24) is 19.9 Å². The maximum Gasteiger partial charge on any atom is 0.305 e. The molecule has 2 aliphatic carbocycles. The Morgan fingerprint density at radius 1 is 1.13 bits per heavy atom. The summed E-state index contributed by atoms with van der Waals surface area (Å²) >= 11 is 0. The van der Waals surface area contributed by atoms with Crippen LogP contribution in [0, 0.1) is 17.8 Å². The zero-order valence-electron chi connectivity index (χ0n) is 27.4. The fraction of sp³-hybridized carbons (Fsp3) is 0.618. The highest BCUT2D eigenvalue weighted by molar-refractivity contribution is 5.87. The zero-order chi connectivity index (χ0) is 32.1. The van der Waals surface area contributed by atoms with E-state index in [1.807, 2.05) is 31.2 Å². The molecule has 3 N–H and O–H groups in total. The van der Waals surface area contributed by atoms with Crippen molar-refractivity contribution in [2.24, 2.45) is 17.8 Å². The average Bonchev–Trinajstić information content (AvgIpc) is 3.55. The number of rotatable bonds is 15. The van der Waals surface area contributed by atoms with E-state index in [2.05, 4.69) is 38.3 Å². The molecule has 5 rings (SSSR count). The lowest BCUT2D eigenvalue weighted by Crippen LogP contribution is -2.44. The number of hydrogen-bond acceptors (Lipinski definition) is 10. The molecule has 2 saturated carbocycles. The minimum Gasteiger partial charge on any atom is -0.497 e. The van der Waals surface area contributed by atoms with Crippen molar-refractivity contribution in [3.05, 3.63) is 42.4 Å². The second kappa shape index (κ2) is 14.3. The number of fused-ring (bicyclic) bond motifs is 1. The Morgan fingerprint density at radius 2 is 1.93 bits per heavy atom. The van der Waals surface area contributed by atoms with Crippen LogP contribution in [0.3, 0.4) is 0 Å². The van der Waals surface area contributed by atoms with Gasteiger partial charge in [0, 0.05) is 36.8 Å². The normalized spacial score (nSPS) is 24.8. The van der Waals surface area contributed by atoms with Crippen LogP contribution in [0.1, 0.15) is 71.4 Å². The van der Waals surface area contributed by atoms with E-state index in [0.717, 1.165) is 66.1 Å². The van der Waals surface area contributed by atoms with Crippen molar-refractivity contribution in [2.45, 2.75) is 90.3 Å². The molecule has 0 radical (unpaired) electrons. The number of nitrogens with one attached hydrogen (secondary N) is 2. The Labute approximate surface area is 266 Å². The fourth-order valence-electron chi connectivity index (χ4n) is 6.91. The number of benzene rings is 1. The van der Waals surface area contributed by atoms with Gasteiger partial charge in [-0.05, 0) is 89.0 Å². The van der Waals surface area contributed by atoms with Crippen LogP contribution in [-0.2, 0) is 20.8 Å². The molecule has 2 heterocycles. The van der Waals surface area contributed by atoms with Crippen molar-refractivity contribution < 1.29 is 28.8 Å². The lowest BCUT2D eigenvalue weighted by Gasteiger charge is -2.37. The molecular formula is C34H49N5O6. The van der Waals surface area contributed by atoms with Gasteiger partial charge in [0.1, 0.15) is 29.3 Å². The van der Waals surface area contributed by atoms with Gasteiger partial charge in [0.2, 0.25) is 0 Å². The second-order valence-electron chi connectivity index (χ2n) is 13.0. The number of esters is 1. The molecule has 0 bridgehead atoms. The lowest BCUT2D eigenvalue weighted by molar-refractivity contribution is -0.219. The number of methoxy groups -OCH3 is 2. The summed E-state index contributed by atoms with van der Waals surface area (Å²) in [6, 6.07) is 8.28. The highest BCUT2D eigenvalue weighted by atomic mass is 16.6. The van der Waals surface area contributed by atoms with Crippen molar-refractivity contribution in [3.63, 3.8) is 0 Å². The molecule has 1 aromatic carbocycles. The number of carbonyl (C=O) groups is 1. The Morgan fingerprint density at radius 3 is 2.64 bits per heavy atom. The summed E-state index contributed by atoms with van der Waals surface area (Å²) in [5.41, 5.74) is 1.81. The van der Waals surface area contributed by atoms with Gasteiger partial charge in [-0.15, -0.1) is 0 Å². The topological polar surface area (TPSA) is 129 Å². The van der Waals surface area contributed by atoms with Gasteiger partial charge in [-0.3, -0.25) is 4.79 Å². The molecule has 3 aromatic rings. The van der Waals surface area contributed by atoms with E-state index in [1.54, 1.807) is 34.4 Å². The summed E-state index contributed by atoms with van der Waals surface area (Å²) in [5.74, 6) is 2.01. The summed E-state index contributed by atoms with van der Waals surface area (Å²) in [6.07, 6.45) is 7.93. The highest BCUT2D eigenvalue weighted by Crippen LogP contribution is 2.44. The molecule has 11 nitrogen and oxygen atoms in total. The first kappa shape index (κ1) is 33.0. The first-order chi connectivity index (χ1) is 21.6. The van der Waals surface area contributed by atoms with Gasteiger partial charge in [-0.2, -0.15) is 0 Å². The van der Waals surface area contributed by atoms with Crippen molar-refractivity contribution in [1.29, 1.82) is 0 Å². The number of aliphatic hydroxyl groups is 1. The standard InChI is InChI=1S/C34H49N5O6/c1-7-44-30(40)11-8-22-14-25(15-22)35-19-24-16-28(31(21(24)2)45-34(3,4)41)39-13-12-27-32(37-20-38-33(27)39)36-18-23-9-10-26(42-5)17-29(23)43-6/h9-10,12-13,17,20-22,24-25,28,31,35,41H,7-8,11,14-16,18-19H2,1-6H3,(H,36,37,38)/t21-,22?,24-,25?,28-,31-/m1/s1. The minimum absolute atomic E-state index is 0.00104. The number of ether oxygens (including phenoxy) is 4. The minimum atomic E-state index is -1.26. The molecule has 4 atom stereocenters. The third-order valence-corrected chi connectivity index (χ3v) is 9.38. The van der Waals surface area contributed by atoms with Crippen LogP contribution in [-0.4, -0.2) is 70.9 Å². The van der Waals surface area contributed by atoms with Crippen LogP contribution >= 0.6 is 0 Å². The van der Waals surface area contributed by atoms with Crippen LogP contribution in [0.2, 0.25) is 0 Å². The number of nitrogens with zero attached hydrogens (tertiary/aromatic N) is 3. The maximum atomic E-state index is 11.7. The number of anilines is 1. The Hall–Kier alpha value is -3.41. The second-order valence-corrected chi connectivity index (χ2v) is 13.0. The van der Waals surface area contributed by atoms with E-state index < -0.39 is 5.79 Å². The van der Waals surface area contributed by atoms with E-state index >= 15 is 0 Å². The van der Waals surface area contributed by atoms with E-state index in [4.69, 9.17) is 18.9 Å². The molecule has 2 aromatic heterocycles. The average molecular weight is 624 g/mol. The number of carbonyl (C=O) groups excluding carboxylic acids is 1. The third-order valence-electron chi connectivity index (χ3n) is 9.38. The predicted molar refractivity (Wildman–Crippen MR) is 172 cm³/mol. The molecule has 11 heteroatoms. The molecule has 0 aliphatic heterocycles. The first-order valence-electron chi connectivity index (χ1n) is 16.2. The summed E-state index contributed by atoms with van der Waals surface area (Å²) in [7, 11) is 3.29. The van der Waals surface area contributed by atoms with Crippen LogP contribution in [0.25, 0.3) is 11.0 Å². The molecule has 0 spiro atoms. The molecule has 0 amide bonds. The SMILES string of the molecule is CCOC(=O)CCC1CC(NC[C@H]2C[C@@H](n3ccc4c(NCc5ccc(OC)cc5OC)ncnc43)[C@H](OC(C)(C)O)[C@@H]2C)C1. The molecular weight excluding hydrogens is 574 g/mol. The van der Waals surface area contributed by atoms with E-state index in [-0.39, 0.29) is 24.0 Å². The molecule has 0 unspecified atom stereocenters. The van der Waals surface area contributed by atoms with Gasteiger partial charge in [0.25, 0.3) is 0 Å². The first-order valence-corrected chi connectivity index (χ1v) is 16.2. The maximum absolute atomic E-state index is 11.7. The zero-order valence-corrected chi connectivity index (χ0v) is 27.4. The monoisotopic (exact) mass is 623 g/mol. The van der Waals surface area contributed by atoms with Crippen LogP contribution < -0.4 is 20.1 Å². The van der Waals surface area contributed by atoms with Crippen molar-refractivity contribution in [3.8, 4) is 11.5 Å². The van der Waals surface area contributed by atoms with E-state index in [1.165, 1.54) is 0 Å². The third kappa shape index (κ3) is 7.88. The quantitative estimate of drug-likeness (QED) is 0.156. The fourth-order valence-corrected chi connectivity index (χ4v) is 6.91. The molecule has 45 heavy (non-hydrogen) atoms. The predicted octanol–water partition coefficient (Wildman–Crippen LogP) is 5.08. The van der Waals surface area contributed by atoms with Crippen LogP contribution in [0.15, 0.2) is 36.8 Å². The van der Waals surface area contributed by atoms with E-state index in [9.17, 15) is 9.90 Å². The van der Waals surface area contributed by atoms with Crippen LogP contribution in [0.5, 0.6) is 11.5 Å². The van der Waals surface area contributed by atoms with E-state index in [0.29, 0.717) is 37.5 Å². The largest absolute Gasteiger partial charge is 0.497 e. The summed E-state index contributed by atoms with van der Waals surface area (Å²) in [4.78, 5) is 21.0. The van der Waals surface area contributed by atoms with Crippen molar-refractivity contribution >= 4 is 22.8 Å². The Bertz CT molecular complexity index is 1430. The summed E-state index contributed by atoms with van der Waals surface area (Å²) < 4.78 is 24.5. The summed E-state index contributed by atoms with van der Waals surface area (Å²) in [5, 5.41) is 18.9. The molecule has 2 fully saturated rings. The number of hydrogen-bond donors (Lipinski definition) is 3. The lowest BCUT2D eigenvalue weighted by atomic mass is 9.77. The smallest absolute Gasteiger partial charge is 0.305 e. The summed E-state index contributed by atoms with van der Waals surface area (Å²) in [6.45, 7) is 9.30. The number of aromatic nitrogens is 3. The molecule has 246 valence electrons. The van der Waals surface area contributed by atoms with Gasteiger partial charge in [-0.1, -0.05) is 6.92 Å². The van der Waals surface area contributed by atoms with Gasteiger partial charge in [0.05, 0.1) is 38.4 Å². The van der Waals surface area contributed by atoms with Crippen molar-refractivity contribution in [2.75, 3.05) is 32.7 Å². The van der Waals surface area contributed by atoms with Gasteiger partial charge >= 0.3 is 5.97 Å². The Balaban J connectivity index is 1.26. The highest BCUT2D eigenvalue weighted by Gasteiger charge is 2.45.